The summed E-state index contributed by atoms with van der Waals surface area (Å²) >= 11 is 0. The molecule has 0 saturated carbocycles. The van der Waals surface area contributed by atoms with E-state index in [1.54, 1.807) is 11.0 Å². The molecular formula is C47H84N4O7S. The minimum atomic E-state index is -3.62. The maximum atomic E-state index is 14.2. The number of allylic oxidation sites excluding steroid dienone is 3. The van der Waals surface area contributed by atoms with Gasteiger partial charge in [-0.05, 0) is 112 Å². The van der Waals surface area contributed by atoms with Gasteiger partial charge in [0.05, 0.1) is 29.5 Å². The van der Waals surface area contributed by atoms with Crippen molar-refractivity contribution >= 4 is 33.5 Å². The lowest BCUT2D eigenvalue weighted by Crippen LogP contribution is -2.63. The lowest BCUT2D eigenvalue weighted by Gasteiger charge is -2.43. The first-order valence-electron chi connectivity index (χ1n) is 22.2. The van der Waals surface area contributed by atoms with E-state index in [1.165, 1.54) is 4.31 Å². The third-order valence-electron chi connectivity index (χ3n) is 10.9. The van der Waals surface area contributed by atoms with Gasteiger partial charge in [0.15, 0.2) is 17.3 Å². The van der Waals surface area contributed by atoms with Crippen molar-refractivity contribution in [3.8, 4) is 0 Å². The Hall–Kier alpha value is -2.41. The highest BCUT2D eigenvalue weighted by Gasteiger charge is 2.51. The smallest absolute Gasteiger partial charge is 0.409 e. The molecule has 0 aromatic heterocycles. The van der Waals surface area contributed by atoms with Crippen LogP contribution in [0.5, 0.6) is 0 Å². The number of hydrogen-bond donors (Lipinski definition) is 2. The molecule has 3 atom stereocenters. The highest BCUT2D eigenvalue weighted by atomic mass is 32.2. The summed E-state index contributed by atoms with van der Waals surface area (Å²) in [5.41, 5.74) is -3.85. The van der Waals surface area contributed by atoms with Crippen molar-refractivity contribution in [2.24, 2.45) is 16.2 Å². The van der Waals surface area contributed by atoms with E-state index in [0.29, 0.717) is 77.6 Å². The molecule has 0 spiro atoms. The third-order valence-corrected chi connectivity index (χ3v) is 12.7. The average molecular weight is 849 g/mol. The number of carbonyl (C=O) groups is 4. The Morgan fingerprint density at radius 3 is 1.75 bits per heavy atom. The number of rotatable bonds is 20. The third kappa shape index (κ3) is 16.4. The Morgan fingerprint density at radius 2 is 1.25 bits per heavy atom. The van der Waals surface area contributed by atoms with Gasteiger partial charge in [0.1, 0.15) is 0 Å². The molecule has 2 saturated heterocycles. The van der Waals surface area contributed by atoms with Gasteiger partial charge >= 0.3 is 6.09 Å². The van der Waals surface area contributed by atoms with Crippen molar-refractivity contribution in [3.05, 3.63) is 24.3 Å². The molecule has 1 unspecified atom stereocenters. The van der Waals surface area contributed by atoms with Gasteiger partial charge in [0.25, 0.3) is 0 Å². The molecule has 12 heteroatoms. The molecule has 0 aromatic carbocycles. The summed E-state index contributed by atoms with van der Waals surface area (Å²) < 4.78 is 33.6. The fourth-order valence-corrected chi connectivity index (χ4v) is 10.3. The molecule has 340 valence electrons. The fraction of sp³-hybridized carbons (Fsp3) is 0.830. The van der Waals surface area contributed by atoms with Gasteiger partial charge in [0.2, 0.25) is 10.0 Å². The quantitative estimate of drug-likeness (QED) is 0.0907. The van der Waals surface area contributed by atoms with E-state index >= 15 is 0 Å². The molecule has 2 aliphatic rings. The number of nitrogens with zero attached hydrogens (tertiary/aromatic N) is 2. The minimum Gasteiger partial charge on any atom is -0.449 e. The van der Waals surface area contributed by atoms with Gasteiger partial charge in [-0.2, -0.15) is 4.31 Å². The number of hydrogen-bond acceptors (Lipinski definition) is 9. The molecule has 0 aliphatic carbocycles. The molecule has 2 heterocycles. The van der Waals surface area contributed by atoms with E-state index in [1.807, 2.05) is 89.2 Å². The Morgan fingerprint density at radius 1 is 0.712 bits per heavy atom. The highest BCUT2D eigenvalue weighted by Crippen LogP contribution is 2.35. The van der Waals surface area contributed by atoms with Crippen LogP contribution in [-0.2, 0) is 29.1 Å². The molecule has 0 radical (unpaired) electrons. The Bertz CT molecular complexity index is 1600. The second kappa shape index (κ2) is 20.6. The topological polar surface area (TPSA) is 142 Å². The van der Waals surface area contributed by atoms with E-state index in [9.17, 15) is 27.6 Å². The summed E-state index contributed by atoms with van der Waals surface area (Å²) in [5.74, 6) is 0.105. The molecule has 11 nitrogen and oxygen atoms in total. The summed E-state index contributed by atoms with van der Waals surface area (Å²) in [6.07, 6.45) is 14.9. The van der Waals surface area contributed by atoms with Crippen LogP contribution in [-0.4, -0.2) is 101 Å². The van der Waals surface area contributed by atoms with Crippen LogP contribution >= 0.6 is 0 Å². The molecule has 2 aliphatic heterocycles. The van der Waals surface area contributed by atoms with Crippen molar-refractivity contribution in [3.63, 3.8) is 0 Å². The van der Waals surface area contributed by atoms with Crippen LogP contribution in [0.4, 0.5) is 4.79 Å². The second-order valence-corrected chi connectivity index (χ2v) is 24.4. The van der Waals surface area contributed by atoms with Crippen molar-refractivity contribution in [2.45, 2.75) is 203 Å². The van der Waals surface area contributed by atoms with Crippen LogP contribution in [0.2, 0.25) is 0 Å². The van der Waals surface area contributed by atoms with E-state index in [-0.39, 0.29) is 40.3 Å². The number of sulfonamides is 1. The van der Waals surface area contributed by atoms with Crippen LogP contribution in [0.25, 0.3) is 0 Å². The summed E-state index contributed by atoms with van der Waals surface area (Å²) in [5, 5.41) is 7.26. The van der Waals surface area contributed by atoms with Crippen LogP contribution in [0, 0.1) is 16.2 Å². The lowest BCUT2D eigenvalue weighted by atomic mass is 9.72. The zero-order valence-electron chi connectivity index (χ0n) is 39.9. The normalized spacial score (nSPS) is 21.4. The van der Waals surface area contributed by atoms with Gasteiger partial charge in [0, 0.05) is 47.0 Å². The fourth-order valence-electron chi connectivity index (χ4n) is 8.68. The van der Waals surface area contributed by atoms with E-state index in [4.69, 9.17) is 4.74 Å². The first kappa shape index (κ1) is 52.7. The summed E-state index contributed by atoms with van der Waals surface area (Å²) in [4.78, 5) is 55.4. The van der Waals surface area contributed by atoms with Gasteiger partial charge in [-0.15, -0.1) is 0 Å². The predicted molar refractivity (Wildman–Crippen MR) is 241 cm³/mol. The van der Waals surface area contributed by atoms with Crippen LogP contribution in [0.15, 0.2) is 24.3 Å². The standard InChI is InChI=1S/C47H84N4O7S/c1-41(2,3)37(52)36-27-26-31-51(36)59(56,57)34-25-21-19-23-29-46(48-44(10,11)12,38(53)42(4,5)6)28-22-18-16-17-20-24-33-58-40(55)50-32-30-47(35-50,49-45(13,14)15)39(54)43(7,8)9/h16-17,21,25,36,48-49H,18-20,22-24,26-35H2,1-15H3/b17-16+,25-21+/t36-,46?,47+/m1/s1. The molecule has 2 fully saturated rings. The lowest BCUT2D eigenvalue weighted by molar-refractivity contribution is -0.135. The molecule has 0 aromatic rings. The van der Waals surface area contributed by atoms with Gasteiger partial charge in [-0.25, -0.2) is 13.2 Å². The monoisotopic (exact) mass is 849 g/mol. The van der Waals surface area contributed by atoms with Crippen LogP contribution in [0.1, 0.15) is 174 Å². The average Bonchev–Trinajstić information content (AvgIpc) is 3.74. The zero-order valence-corrected chi connectivity index (χ0v) is 40.7. The summed E-state index contributed by atoms with van der Waals surface area (Å²) in [6, 6.07) is -0.591. The van der Waals surface area contributed by atoms with Crippen LogP contribution in [0.3, 0.4) is 0 Å². The number of amides is 1. The van der Waals surface area contributed by atoms with E-state index < -0.39 is 43.4 Å². The number of unbranched alkanes of at least 4 members (excludes halogenated alkanes) is 3. The van der Waals surface area contributed by atoms with Crippen molar-refractivity contribution in [1.82, 2.24) is 19.8 Å². The Balaban J connectivity index is 1.95. The molecule has 59 heavy (non-hydrogen) atoms. The largest absolute Gasteiger partial charge is 0.449 e. The van der Waals surface area contributed by atoms with Gasteiger partial charge < -0.3 is 15.0 Å². The molecule has 0 bridgehead atoms. The van der Waals surface area contributed by atoms with Gasteiger partial charge in [-0.3, -0.25) is 19.7 Å². The van der Waals surface area contributed by atoms with Crippen LogP contribution < -0.4 is 10.6 Å². The van der Waals surface area contributed by atoms with Crippen molar-refractivity contribution < 1.29 is 32.3 Å². The summed E-state index contributed by atoms with van der Waals surface area (Å²) in [7, 11) is -3.62. The zero-order chi connectivity index (χ0) is 45.3. The first-order chi connectivity index (χ1) is 26.8. The Labute approximate surface area is 359 Å². The molecule has 2 N–H and O–H groups in total. The van der Waals surface area contributed by atoms with Crippen molar-refractivity contribution in [2.75, 3.05) is 32.0 Å². The second-order valence-electron chi connectivity index (χ2n) is 22.4. The predicted octanol–water partition coefficient (Wildman–Crippen LogP) is 8.96. The highest BCUT2D eigenvalue weighted by molar-refractivity contribution is 7.89. The number of carbonyl (C=O) groups excluding carboxylic acids is 4. The number of Topliss-reactive ketones (excluding diaryl/α,β-unsaturated/α-hetero) is 3. The maximum absolute atomic E-state index is 14.2. The molecule has 2 rings (SSSR count). The number of ketones is 3. The Kier molecular flexibility index (Phi) is 18.4. The molecule has 1 amide bonds. The minimum absolute atomic E-state index is 0.0336. The van der Waals surface area contributed by atoms with Gasteiger partial charge in [-0.1, -0.05) is 86.6 Å². The SMILES string of the molecule is CC(C)(C)NC(CCC/C=C/CCCOC(=O)N1CC[C@@](NC(C)(C)C)(C(=O)C(C)(C)C)C1)(CCC/C=C/CS(=O)(=O)N1CCC[C@@H]1C(=O)C(C)(C)C)C(=O)C(C)(C)C. The number of likely N-dealkylation sites (tertiary alicyclic amines) is 1. The van der Waals surface area contributed by atoms with Crippen molar-refractivity contribution in [1.29, 1.82) is 0 Å². The maximum Gasteiger partial charge on any atom is 0.409 e. The molecular weight excluding hydrogens is 765 g/mol. The van der Waals surface area contributed by atoms with E-state index in [0.717, 1.165) is 19.3 Å². The number of nitrogens with one attached hydrogen (secondary N) is 2. The number of ether oxygens (including phenoxy) is 1. The summed E-state index contributed by atoms with van der Waals surface area (Å²) in [6.45, 7) is 31.0. The first-order valence-corrected chi connectivity index (χ1v) is 23.8. The van der Waals surface area contributed by atoms with E-state index in [2.05, 4.69) is 43.6 Å².